The van der Waals surface area contributed by atoms with E-state index < -0.39 is 0 Å². The summed E-state index contributed by atoms with van der Waals surface area (Å²) < 4.78 is 5.69. The van der Waals surface area contributed by atoms with E-state index in [0.29, 0.717) is 0 Å². The van der Waals surface area contributed by atoms with Crippen LogP contribution in [0.2, 0.25) is 0 Å². The van der Waals surface area contributed by atoms with E-state index in [9.17, 15) is 0 Å². The molecule has 3 nitrogen and oxygen atoms in total. The van der Waals surface area contributed by atoms with Gasteiger partial charge in [0.2, 0.25) is 0 Å². The predicted molar refractivity (Wildman–Crippen MR) is 80.5 cm³/mol. The van der Waals surface area contributed by atoms with Gasteiger partial charge in [-0.3, -0.25) is 0 Å². The first kappa shape index (κ1) is 13.4. The number of ether oxygens (including phenoxy) is 1. The van der Waals surface area contributed by atoms with Crippen LogP contribution in [0.25, 0.3) is 0 Å². The van der Waals surface area contributed by atoms with E-state index in [1.165, 1.54) is 17.9 Å². The number of para-hydroxylation sites is 1. The quantitative estimate of drug-likeness (QED) is 0.803. The zero-order valence-electron chi connectivity index (χ0n) is 11.1. The van der Waals surface area contributed by atoms with Gasteiger partial charge in [0.25, 0.3) is 0 Å². The van der Waals surface area contributed by atoms with Crippen molar-refractivity contribution in [2.24, 2.45) is 5.92 Å². The minimum atomic E-state index is 0.147. The first-order chi connectivity index (χ1) is 8.66. The summed E-state index contributed by atoms with van der Waals surface area (Å²) in [6.07, 6.45) is 1.45. The van der Waals surface area contributed by atoms with Crippen LogP contribution in [0.15, 0.2) is 18.2 Å². The first-order valence-electron chi connectivity index (χ1n) is 6.53. The van der Waals surface area contributed by atoms with Gasteiger partial charge in [0.05, 0.1) is 17.5 Å². The third-order valence-electron chi connectivity index (χ3n) is 3.03. The summed E-state index contributed by atoms with van der Waals surface area (Å²) >= 11 is 2.04. The monoisotopic (exact) mass is 266 g/mol. The molecule has 0 bridgehead atoms. The lowest BCUT2D eigenvalue weighted by Gasteiger charge is -2.17. The molecule has 1 aromatic carbocycles. The largest absolute Gasteiger partial charge is 0.489 e. The maximum Gasteiger partial charge on any atom is 0.144 e. The summed E-state index contributed by atoms with van der Waals surface area (Å²) in [4.78, 5) is 0. The molecule has 0 spiro atoms. The Morgan fingerprint density at radius 2 is 2.33 bits per heavy atom. The highest BCUT2D eigenvalue weighted by molar-refractivity contribution is 7.99. The summed E-state index contributed by atoms with van der Waals surface area (Å²) in [7, 11) is 0. The fourth-order valence-corrected chi connectivity index (χ4v) is 3.34. The van der Waals surface area contributed by atoms with E-state index in [4.69, 9.17) is 10.5 Å². The van der Waals surface area contributed by atoms with E-state index in [0.717, 1.165) is 29.6 Å². The molecule has 3 N–H and O–H groups in total. The Hall–Kier alpha value is -1.03. The van der Waals surface area contributed by atoms with Crippen molar-refractivity contribution < 1.29 is 4.74 Å². The maximum absolute atomic E-state index is 6.12. The third-order valence-corrected chi connectivity index (χ3v) is 4.27. The van der Waals surface area contributed by atoms with Crippen molar-refractivity contribution in [2.75, 3.05) is 29.1 Å². The Kier molecular flexibility index (Phi) is 4.64. The van der Waals surface area contributed by atoms with Crippen molar-refractivity contribution in [3.05, 3.63) is 18.2 Å². The number of anilines is 2. The molecule has 0 saturated carbocycles. The van der Waals surface area contributed by atoms with E-state index >= 15 is 0 Å². The molecule has 0 radical (unpaired) electrons. The molecule has 0 amide bonds. The predicted octanol–water partition coefficient (Wildman–Crippen LogP) is 3.22. The minimum Gasteiger partial charge on any atom is -0.489 e. The molecule has 1 atom stereocenters. The molecule has 1 fully saturated rings. The number of nitrogen functional groups attached to an aromatic ring is 1. The molecule has 0 aliphatic carbocycles. The van der Waals surface area contributed by atoms with E-state index in [-0.39, 0.29) is 6.10 Å². The van der Waals surface area contributed by atoms with Gasteiger partial charge < -0.3 is 15.8 Å². The lowest BCUT2D eigenvalue weighted by atomic mass is 10.1. The topological polar surface area (TPSA) is 47.3 Å². The van der Waals surface area contributed by atoms with Crippen LogP contribution in [-0.2, 0) is 0 Å². The number of nitrogens with one attached hydrogen (secondary N) is 1. The Morgan fingerprint density at radius 3 is 3.00 bits per heavy atom. The SMILES string of the molecule is CC(C)Oc1cccc(NCC2CCSC2)c1N. The lowest BCUT2D eigenvalue weighted by Crippen LogP contribution is -2.15. The van der Waals surface area contributed by atoms with Crippen LogP contribution in [0.1, 0.15) is 20.3 Å². The standard InChI is InChI=1S/C14H22N2OS/c1-10(2)17-13-5-3-4-12(14(13)15)16-8-11-6-7-18-9-11/h3-5,10-11,16H,6-9,15H2,1-2H3. The molecule has 1 heterocycles. The van der Waals surface area contributed by atoms with E-state index in [1.54, 1.807) is 0 Å². The fourth-order valence-electron chi connectivity index (χ4n) is 2.05. The van der Waals surface area contributed by atoms with Crippen molar-refractivity contribution in [1.82, 2.24) is 0 Å². The lowest BCUT2D eigenvalue weighted by molar-refractivity contribution is 0.244. The van der Waals surface area contributed by atoms with Gasteiger partial charge in [-0.25, -0.2) is 0 Å². The molecular weight excluding hydrogens is 244 g/mol. The van der Waals surface area contributed by atoms with Crippen LogP contribution in [0.3, 0.4) is 0 Å². The van der Waals surface area contributed by atoms with Crippen molar-refractivity contribution in [1.29, 1.82) is 0 Å². The summed E-state index contributed by atoms with van der Waals surface area (Å²) in [5.74, 6) is 4.09. The van der Waals surface area contributed by atoms with Gasteiger partial charge in [-0.2, -0.15) is 11.8 Å². The Morgan fingerprint density at radius 1 is 1.50 bits per heavy atom. The van der Waals surface area contributed by atoms with Gasteiger partial charge in [-0.15, -0.1) is 0 Å². The molecule has 0 aromatic heterocycles. The summed E-state index contributed by atoms with van der Waals surface area (Å²) in [6.45, 7) is 5.02. The van der Waals surface area contributed by atoms with Gasteiger partial charge >= 0.3 is 0 Å². The molecule has 1 aliphatic heterocycles. The molecule has 1 unspecified atom stereocenters. The molecule has 1 aromatic rings. The average molecular weight is 266 g/mol. The second kappa shape index (κ2) is 6.23. The van der Waals surface area contributed by atoms with E-state index in [2.05, 4.69) is 5.32 Å². The molecule has 1 aliphatic rings. The molecule has 100 valence electrons. The van der Waals surface area contributed by atoms with Crippen molar-refractivity contribution in [3.8, 4) is 5.75 Å². The maximum atomic E-state index is 6.12. The van der Waals surface area contributed by atoms with Crippen molar-refractivity contribution >= 4 is 23.1 Å². The summed E-state index contributed by atoms with van der Waals surface area (Å²) in [5, 5.41) is 3.45. The van der Waals surface area contributed by atoms with Crippen molar-refractivity contribution in [3.63, 3.8) is 0 Å². The normalized spacial score (nSPS) is 19.2. The number of hydrogen-bond donors (Lipinski definition) is 2. The highest BCUT2D eigenvalue weighted by Crippen LogP contribution is 2.31. The average Bonchev–Trinajstić information content (AvgIpc) is 2.83. The third kappa shape index (κ3) is 3.48. The zero-order valence-corrected chi connectivity index (χ0v) is 11.9. The smallest absolute Gasteiger partial charge is 0.144 e. The minimum absolute atomic E-state index is 0.147. The van der Waals surface area contributed by atoms with Crippen LogP contribution >= 0.6 is 11.8 Å². The van der Waals surface area contributed by atoms with Gasteiger partial charge in [0.15, 0.2) is 0 Å². The van der Waals surface area contributed by atoms with Gasteiger partial charge in [-0.05, 0) is 49.8 Å². The molecule has 1 saturated heterocycles. The Bertz CT molecular complexity index is 389. The summed E-state index contributed by atoms with van der Waals surface area (Å²) in [5.41, 5.74) is 7.83. The van der Waals surface area contributed by atoms with Crippen LogP contribution < -0.4 is 15.8 Å². The first-order valence-corrected chi connectivity index (χ1v) is 7.69. The molecule has 4 heteroatoms. The fraction of sp³-hybridized carbons (Fsp3) is 0.571. The van der Waals surface area contributed by atoms with Crippen LogP contribution in [-0.4, -0.2) is 24.2 Å². The highest BCUT2D eigenvalue weighted by Gasteiger charge is 2.16. The van der Waals surface area contributed by atoms with Gasteiger partial charge in [-0.1, -0.05) is 6.07 Å². The molecular formula is C14H22N2OS. The number of nitrogens with two attached hydrogens (primary N) is 1. The molecule has 2 rings (SSSR count). The van der Waals surface area contributed by atoms with Gasteiger partial charge in [0, 0.05) is 6.54 Å². The zero-order chi connectivity index (χ0) is 13.0. The van der Waals surface area contributed by atoms with Gasteiger partial charge in [0.1, 0.15) is 5.75 Å². The van der Waals surface area contributed by atoms with Crippen molar-refractivity contribution in [2.45, 2.75) is 26.4 Å². The Balaban J connectivity index is 1.98. The Labute approximate surface area is 113 Å². The number of hydrogen-bond acceptors (Lipinski definition) is 4. The molecule has 18 heavy (non-hydrogen) atoms. The number of rotatable bonds is 5. The van der Waals surface area contributed by atoms with Crippen LogP contribution in [0.4, 0.5) is 11.4 Å². The number of thioether (sulfide) groups is 1. The second-order valence-corrected chi connectivity index (χ2v) is 6.14. The summed E-state index contributed by atoms with van der Waals surface area (Å²) in [6, 6.07) is 5.93. The van der Waals surface area contributed by atoms with E-state index in [1.807, 2.05) is 43.8 Å². The van der Waals surface area contributed by atoms with Crippen LogP contribution in [0.5, 0.6) is 5.75 Å². The highest BCUT2D eigenvalue weighted by atomic mass is 32.2. The second-order valence-electron chi connectivity index (χ2n) is 4.99. The van der Waals surface area contributed by atoms with Crippen LogP contribution in [0, 0.1) is 5.92 Å². The number of benzene rings is 1.